The number of hydrogen-bond acceptors (Lipinski definition) is 9. The van der Waals surface area contributed by atoms with E-state index in [1.165, 1.54) is 6.33 Å². The SMILES string of the molecule is COCCOc1cc2ncnc(N(C)c3cc(-c4ccccc4)no3)c2cc1OCCOC. The standard InChI is InChI=1S/C24H26N4O5/c1-28(23-15-19(27-33-23)17-7-5-4-6-8-17)24-18-13-21(31-11-9-29-2)22(32-12-10-30-3)14-20(18)25-16-26-24/h4-8,13-16H,9-12H2,1-3H3. The smallest absolute Gasteiger partial charge is 0.233 e. The number of fused-ring (bicyclic) bond motifs is 1. The van der Waals surface area contributed by atoms with Crippen LogP contribution in [-0.2, 0) is 9.47 Å². The summed E-state index contributed by atoms with van der Waals surface area (Å²) in [6, 6.07) is 15.4. The zero-order valence-corrected chi connectivity index (χ0v) is 18.9. The molecule has 2 aromatic carbocycles. The van der Waals surface area contributed by atoms with Gasteiger partial charge in [0.25, 0.3) is 0 Å². The summed E-state index contributed by atoms with van der Waals surface area (Å²) in [6.07, 6.45) is 1.51. The number of rotatable bonds is 11. The Balaban J connectivity index is 1.68. The summed E-state index contributed by atoms with van der Waals surface area (Å²) in [5.41, 5.74) is 2.43. The highest BCUT2D eigenvalue weighted by Crippen LogP contribution is 2.37. The van der Waals surface area contributed by atoms with Crippen molar-refractivity contribution in [3.8, 4) is 22.8 Å². The molecule has 0 unspecified atom stereocenters. The first-order chi connectivity index (χ1) is 16.2. The molecule has 0 fully saturated rings. The summed E-state index contributed by atoms with van der Waals surface area (Å²) in [5.74, 6) is 2.35. The average molecular weight is 450 g/mol. The van der Waals surface area contributed by atoms with Crippen LogP contribution >= 0.6 is 0 Å². The van der Waals surface area contributed by atoms with E-state index in [2.05, 4.69) is 15.1 Å². The lowest BCUT2D eigenvalue weighted by Gasteiger charge is -2.18. The second kappa shape index (κ2) is 10.8. The lowest BCUT2D eigenvalue weighted by Crippen LogP contribution is -2.12. The van der Waals surface area contributed by atoms with E-state index in [1.807, 2.05) is 60.5 Å². The number of hydrogen-bond donors (Lipinski definition) is 0. The van der Waals surface area contributed by atoms with Crippen LogP contribution in [0.1, 0.15) is 0 Å². The molecule has 2 heterocycles. The number of aromatic nitrogens is 3. The van der Waals surface area contributed by atoms with E-state index in [1.54, 1.807) is 14.2 Å². The van der Waals surface area contributed by atoms with Gasteiger partial charge in [0.15, 0.2) is 11.5 Å². The second-order valence-electron chi connectivity index (χ2n) is 7.17. The lowest BCUT2D eigenvalue weighted by atomic mass is 10.1. The monoisotopic (exact) mass is 450 g/mol. The quantitative estimate of drug-likeness (QED) is 0.313. The molecule has 0 atom stereocenters. The Bertz CT molecular complexity index is 1180. The predicted octanol–water partition coefficient (Wildman–Crippen LogP) is 4.10. The molecule has 0 aliphatic heterocycles. The minimum atomic E-state index is 0.379. The molecule has 0 amide bonds. The summed E-state index contributed by atoms with van der Waals surface area (Å²) >= 11 is 0. The summed E-state index contributed by atoms with van der Waals surface area (Å²) in [6.45, 7) is 1.68. The van der Waals surface area contributed by atoms with E-state index in [0.29, 0.717) is 55.1 Å². The number of nitrogens with zero attached hydrogens (tertiary/aromatic N) is 4. The summed E-state index contributed by atoms with van der Waals surface area (Å²) in [4.78, 5) is 10.7. The molecule has 4 rings (SSSR count). The first-order valence-electron chi connectivity index (χ1n) is 10.5. The zero-order valence-electron chi connectivity index (χ0n) is 18.9. The fourth-order valence-corrected chi connectivity index (χ4v) is 3.29. The third kappa shape index (κ3) is 5.21. The van der Waals surface area contributed by atoms with Crippen molar-refractivity contribution in [1.82, 2.24) is 15.1 Å². The predicted molar refractivity (Wildman–Crippen MR) is 124 cm³/mol. The lowest BCUT2D eigenvalue weighted by molar-refractivity contribution is 0.132. The minimum absolute atomic E-state index is 0.379. The molecule has 0 aliphatic rings. The van der Waals surface area contributed by atoms with Gasteiger partial charge in [0.05, 0.1) is 18.7 Å². The van der Waals surface area contributed by atoms with Crippen LogP contribution in [0.4, 0.5) is 11.7 Å². The summed E-state index contributed by atoms with van der Waals surface area (Å²) in [5, 5.41) is 4.99. The average Bonchev–Trinajstić information content (AvgIpc) is 3.35. The Kier molecular flexibility index (Phi) is 7.33. The molecule has 33 heavy (non-hydrogen) atoms. The van der Waals surface area contributed by atoms with Crippen molar-refractivity contribution in [2.24, 2.45) is 0 Å². The molecule has 9 nitrogen and oxygen atoms in total. The number of anilines is 2. The van der Waals surface area contributed by atoms with Crippen molar-refractivity contribution in [1.29, 1.82) is 0 Å². The topological polar surface area (TPSA) is 92.0 Å². The van der Waals surface area contributed by atoms with Crippen LogP contribution in [0.25, 0.3) is 22.2 Å². The number of methoxy groups -OCH3 is 2. The van der Waals surface area contributed by atoms with Gasteiger partial charge in [-0.2, -0.15) is 0 Å². The highest BCUT2D eigenvalue weighted by Gasteiger charge is 2.18. The van der Waals surface area contributed by atoms with Gasteiger partial charge in [-0.05, 0) is 6.07 Å². The molecule has 0 spiro atoms. The van der Waals surface area contributed by atoms with Crippen molar-refractivity contribution in [3.05, 3.63) is 54.9 Å². The van der Waals surface area contributed by atoms with Crippen LogP contribution in [0.2, 0.25) is 0 Å². The van der Waals surface area contributed by atoms with Gasteiger partial charge in [0.2, 0.25) is 5.88 Å². The van der Waals surface area contributed by atoms with E-state index in [0.717, 1.165) is 16.6 Å². The summed E-state index contributed by atoms with van der Waals surface area (Å²) in [7, 11) is 5.12. The maximum Gasteiger partial charge on any atom is 0.233 e. The highest BCUT2D eigenvalue weighted by atomic mass is 16.5. The van der Waals surface area contributed by atoms with Crippen LogP contribution in [0.3, 0.4) is 0 Å². The Morgan fingerprint density at radius 1 is 0.848 bits per heavy atom. The van der Waals surface area contributed by atoms with E-state index in [4.69, 9.17) is 23.5 Å². The van der Waals surface area contributed by atoms with Gasteiger partial charge in [-0.15, -0.1) is 0 Å². The fraction of sp³-hybridized carbons (Fsp3) is 0.292. The fourth-order valence-electron chi connectivity index (χ4n) is 3.29. The Hall–Kier alpha value is -3.69. The molecule has 172 valence electrons. The molecule has 2 aromatic heterocycles. The van der Waals surface area contributed by atoms with E-state index >= 15 is 0 Å². The van der Waals surface area contributed by atoms with Gasteiger partial charge in [0, 0.05) is 44.3 Å². The zero-order chi connectivity index (χ0) is 23.0. The molecule has 0 radical (unpaired) electrons. The van der Waals surface area contributed by atoms with Crippen LogP contribution in [0.15, 0.2) is 59.4 Å². The number of benzene rings is 2. The Morgan fingerprint density at radius 3 is 2.24 bits per heavy atom. The third-order valence-corrected chi connectivity index (χ3v) is 4.99. The van der Waals surface area contributed by atoms with Gasteiger partial charge in [-0.25, -0.2) is 9.97 Å². The van der Waals surface area contributed by atoms with Crippen molar-refractivity contribution >= 4 is 22.6 Å². The Morgan fingerprint density at radius 2 is 1.55 bits per heavy atom. The van der Waals surface area contributed by atoms with Crippen LogP contribution in [0, 0.1) is 0 Å². The normalized spacial score (nSPS) is 11.0. The first-order valence-corrected chi connectivity index (χ1v) is 10.5. The number of ether oxygens (including phenoxy) is 4. The molecule has 9 heteroatoms. The maximum absolute atomic E-state index is 5.92. The first kappa shape index (κ1) is 22.5. The van der Waals surface area contributed by atoms with Gasteiger partial charge in [-0.1, -0.05) is 35.5 Å². The molecular formula is C24H26N4O5. The van der Waals surface area contributed by atoms with Gasteiger partial charge in [0.1, 0.15) is 31.1 Å². The van der Waals surface area contributed by atoms with Crippen molar-refractivity contribution in [2.45, 2.75) is 0 Å². The van der Waals surface area contributed by atoms with E-state index in [-0.39, 0.29) is 0 Å². The molecule has 0 saturated carbocycles. The van der Waals surface area contributed by atoms with Crippen LogP contribution < -0.4 is 14.4 Å². The van der Waals surface area contributed by atoms with Crippen LogP contribution in [-0.4, -0.2) is 62.8 Å². The Labute approximate surface area is 191 Å². The largest absolute Gasteiger partial charge is 0.487 e. The van der Waals surface area contributed by atoms with Crippen molar-refractivity contribution < 1.29 is 23.5 Å². The molecule has 4 aromatic rings. The summed E-state index contributed by atoms with van der Waals surface area (Å²) < 4.78 is 27.6. The van der Waals surface area contributed by atoms with Gasteiger partial charge >= 0.3 is 0 Å². The third-order valence-electron chi connectivity index (χ3n) is 4.99. The van der Waals surface area contributed by atoms with Crippen molar-refractivity contribution in [3.63, 3.8) is 0 Å². The van der Waals surface area contributed by atoms with E-state index < -0.39 is 0 Å². The maximum atomic E-state index is 5.92. The van der Waals surface area contributed by atoms with Gasteiger partial charge in [-0.3, -0.25) is 4.90 Å². The molecular weight excluding hydrogens is 424 g/mol. The van der Waals surface area contributed by atoms with E-state index in [9.17, 15) is 0 Å². The molecule has 0 bridgehead atoms. The van der Waals surface area contributed by atoms with Gasteiger partial charge < -0.3 is 23.5 Å². The minimum Gasteiger partial charge on any atom is -0.487 e. The highest BCUT2D eigenvalue weighted by molar-refractivity contribution is 5.93. The van der Waals surface area contributed by atoms with Crippen molar-refractivity contribution in [2.75, 3.05) is 52.6 Å². The molecule has 0 aliphatic carbocycles. The molecule has 0 saturated heterocycles. The molecule has 0 N–H and O–H groups in total. The van der Waals surface area contributed by atoms with Crippen LogP contribution in [0.5, 0.6) is 11.5 Å². The second-order valence-corrected chi connectivity index (χ2v) is 7.17.